The van der Waals surface area contributed by atoms with E-state index >= 15 is 0 Å². The van der Waals surface area contributed by atoms with Crippen molar-refractivity contribution in [3.8, 4) is 0 Å². The number of aliphatic hydroxyl groups is 3. The molecule has 1 rings (SSSR count). The van der Waals surface area contributed by atoms with E-state index in [2.05, 4.69) is 19.2 Å². The largest absolute Gasteiger partial charge is 0.394 e. The Bertz CT molecular complexity index is 845. The third-order valence-electron chi connectivity index (χ3n) is 10.6. The molecule has 1 aliphatic rings. The van der Waals surface area contributed by atoms with Gasteiger partial charge in [0.2, 0.25) is 11.8 Å². The van der Waals surface area contributed by atoms with Crippen molar-refractivity contribution in [1.82, 2.24) is 10.2 Å². The number of hydrogen-bond acceptors (Lipinski definition) is 7. The normalized spacial score (nSPS) is 21.2. The van der Waals surface area contributed by atoms with Gasteiger partial charge in [0.25, 0.3) is 0 Å². The van der Waals surface area contributed by atoms with Crippen LogP contribution < -0.4 is 11.1 Å². The van der Waals surface area contributed by atoms with E-state index in [1.165, 1.54) is 122 Å². The third-order valence-corrected chi connectivity index (χ3v) is 10.6. The second-order valence-electron chi connectivity index (χ2n) is 16.0. The van der Waals surface area contributed by atoms with Crippen molar-refractivity contribution >= 4 is 11.8 Å². The summed E-state index contributed by atoms with van der Waals surface area (Å²) in [6.07, 6.45) is 26.4. The highest BCUT2D eigenvalue weighted by atomic mass is 16.5. The Kier molecular flexibility index (Phi) is 29.1. The second-order valence-corrected chi connectivity index (χ2v) is 16.0. The summed E-state index contributed by atoms with van der Waals surface area (Å²) in [5.41, 5.74) is 6.17. The van der Waals surface area contributed by atoms with Gasteiger partial charge in [0.05, 0.1) is 12.6 Å². The lowest BCUT2D eigenvalue weighted by Crippen LogP contribution is -2.69. The van der Waals surface area contributed by atoms with Crippen molar-refractivity contribution in [2.24, 2.45) is 11.7 Å². The molecular weight excluding hydrogens is 642 g/mol. The maximum Gasteiger partial charge on any atom is 0.237 e. The molecule has 0 aromatic heterocycles. The predicted octanol–water partition coefficient (Wildman–Crippen LogP) is 8.29. The predicted molar refractivity (Wildman–Crippen MR) is 210 cm³/mol. The Morgan fingerprint density at radius 2 is 1.08 bits per heavy atom. The van der Waals surface area contributed by atoms with E-state index in [0.29, 0.717) is 19.4 Å². The first-order valence-electron chi connectivity index (χ1n) is 21.7. The highest BCUT2D eigenvalue weighted by Crippen LogP contribution is 2.26. The van der Waals surface area contributed by atoms with E-state index in [0.717, 1.165) is 38.5 Å². The summed E-state index contributed by atoms with van der Waals surface area (Å²) < 4.78 is 6.14. The van der Waals surface area contributed by atoms with Gasteiger partial charge in [-0.25, -0.2) is 0 Å². The number of nitrogens with zero attached hydrogens (tertiary/aromatic N) is 1. The minimum Gasteiger partial charge on any atom is -0.394 e. The molecule has 6 atom stereocenters. The van der Waals surface area contributed by atoms with Gasteiger partial charge >= 0.3 is 0 Å². The summed E-state index contributed by atoms with van der Waals surface area (Å²) in [6, 6.07) is -1.86. The maximum absolute atomic E-state index is 13.8. The second kappa shape index (κ2) is 31.1. The fourth-order valence-corrected chi connectivity index (χ4v) is 7.36. The summed E-state index contributed by atoms with van der Waals surface area (Å²) >= 11 is 0. The number of amides is 2. The molecule has 1 saturated heterocycles. The summed E-state index contributed by atoms with van der Waals surface area (Å²) in [7, 11) is 0. The molecule has 0 bridgehead atoms. The van der Waals surface area contributed by atoms with Gasteiger partial charge in [0.1, 0.15) is 24.4 Å². The minimum atomic E-state index is -1.43. The van der Waals surface area contributed by atoms with Gasteiger partial charge in [-0.05, 0) is 25.2 Å². The van der Waals surface area contributed by atoms with Crippen LogP contribution in [-0.4, -0.2) is 81.8 Å². The highest BCUT2D eigenvalue weighted by Gasteiger charge is 2.48. The molecule has 1 fully saturated rings. The van der Waals surface area contributed by atoms with Gasteiger partial charge in [-0.15, -0.1) is 0 Å². The van der Waals surface area contributed by atoms with Crippen molar-refractivity contribution in [1.29, 1.82) is 0 Å². The maximum atomic E-state index is 13.8. The monoisotopic (exact) mass is 726 g/mol. The average molecular weight is 726 g/mol. The van der Waals surface area contributed by atoms with Crippen LogP contribution in [0.1, 0.15) is 201 Å². The van der Waals surface area contributed by atoms with E-state index in [1.807, 2.05) is 13.8 Å². The number of nitrogens with two attached hydrogens (primary N) is 1. The molecule has 0 saturated carbocycles. The highest BCUT2D eigenvalue weighted by molar-refractivity contribution is 5.82. The molecule has 2 amide bonds. The van der Waals surface area contributed by atoms with E-state index in [4.69, 9.17) is 10.5 Å². The molecule has 9 heteroatoms. The molecule has 6 N–H and O–H groups in total. The van der Waals surface area contributed by atoms with Gasteiger partial charge in [-0.1, -0.05) is 175 Å². The Balaban J connectivity index is 2.71. The molecule has 1 aliphatic heterocycles. The lowest BCUT2D eigenvalue weighted by Gasteiger charge is -2.47. The zero-order valence-corrected chi connectivity index (χ0v) is 33.6. The number of nitrogens with one attached hydrogen (secondary N) is 1. The van der Waals surface area contributed by atoms with Crippen LogP contribution in [-0.2, 0) is 14.3 Å². The number of ether oxygens (including phenoxy) is 1. The molecule has 0 aromatic carbocycles. The Morgan fingerprint density at radius 1 is 0.667 bits per heavy atom. The first kappa shape index (κ1) is 47.8. The summed E-state index contributed by atoms with van der Waals surface area (Å²) in [5, 5.41) is 34.7. The van der Waals surface area contributed by atoms with Crippen LogP contribution in [0, 0.1) is 5.92 Å². The van der Waals surface area contributed by atoms with Crippen molar-refractivity contribution < 1.29 is 29.6 Å². The van der Waals surface area contributed by atoms with Gasteiger partial charge in [0, 0.05) is 13.0 Å². The molecule has 51 heavy (non-hydrogen) atoms. The lowest BCUT2D eigenvalue weighted by molar-refractivity contribution is -0.231. The zero-order chi connectivity index (χ0) is 37.7. The van der Waals surface area contributed by atoms with Crippen molar-refractivity contribution in [2.45, 2.75) is 238 Å². The van der Waals surface area contributed by atoms with E-state index in [1.54, 1.807) is 4.90 Å². The molecule has 1 unspecified atom stereocenters. The molecule has 1 heterocycles. The van der Waals surface area contributed by atoms with Crippen LogP contribution >= 0.6 is 0 Å². The summed E-state index contributed by atoms with van der Waals surface area (Å²) in [5.74, 6) is -0.345. The Labute approximate surface area is 313 Å². The zero-order valence-electron chi connectivity index (χ0n) is 33.6. The molecule has 0 radical (unpaired) electrons. The molecule has 302 valence electrons. The van der Waals surface area contributed by atoms with Crippen LogP contribution in [0.5, 0.6) is 0 Å². The smallest absolute Gasteiger partial charge is 0.237 e. The van der Waals surface area contributed by atoms with E-state index < -0.39 is 49.1 Å². The first-order chi connectivity index (χ1) is 24.7. The van der Waals surface area contributed by atoms with Crippen molar-refractivity contribution in [3.63, 3.8) is 0 Å². The van der Waals surface area contributed by atoms with E-state index in [-0.39, 0.29) is 11.8 Å². The topological polar surface area (TPSA) is 145 Å². The fourth-order valence-electron chi connectivity index (χ4n) is 7.36. The molecular formula is C42H83N3O6. The fraction of sp³-hybridized carbons (Fsp3) is 0.952. The van der Waals surface area contributed by atoms with Crippen LogP contribution in [0.25, 0.3) is 0 Å². The standard InChI is InChI=1S/C42H83N3O6/c1-5-7-9-11-13-15-16-17-18-19-20-21-23-25-27-29-31-45(37(47)30-28-26-24-22-14-12-10-8-6-2)42-38(40(49)39(48)36(33-46)51-42)44-41(50)35(43)32-34(3)4/h34-36,38-40,42,46,48-49H,5-33,43H2,1-4H3,(H,44,50)/t35?,36-,38-,39-,40-,42-/m1/s1. The molecule has 0 spiro atoms. The molecule has 0 aromatic rings. The Hall–Kier alpha value is -1.26. The van der Waals surface area contributed by atoms with Crippen LogP contribution in [0.15, 0.2) is 0 Å². The third kappa shape index (κ3) is 21.9. The number of unbranched alkanes of at least 4 members (excludes halogenated alkanes) is 23. The lowest BCUT2D eigenvalue weighted by atomic mass is 9.94. The quantitative estimate of drug-likeness (QED) is 0.0428. The number of aliphatic hydroxyl groups excluding tert-OH is 3. The number of rotatable bonds is 33. The molecule has 0 aliphatic carbocycles. The van der Waals surface area contributed by atoms with Crippen molar-refractivity contribution in [3.05, 3.63) is 0 Å². The SMILES string of the molecule is CCCCCCCCCCCCCCCCCCN(C(=O)CCCCCCCCCCC)[C@@H]1O[C@H](CO)[C@@H](O)[C@H](O)[C@H]1NC(=O)C(N)CC(C)C. The average Bonchev–Trinajstić information content (AvgIpc) is 3.11. The van der Waals surface area contributed by atoms with E-state index in [9.17, 15) is 24.9 Å². The van der Waals surface area contributed by atoms with Crippen LogP contribution in [0.2, 0.25) is 0 Å². The van der Waals surface area contributed by atoms with Crippen LogP contribution in [0.4, 0.5) is 0 Å². The van der Waals surface area contributed by atoms with Gasteiger partial charge in [-0.2, -0.15) is 0 Å². The van der Waals surface area contributed by atoms with Gasteiger partial charge in [0.15, 0.2) is 6.23 Å². The minimum absolute atomic E-state index is 0.0880. The molecule has 9 nitrogen and oxygen atoms in total. The van der Waals surface area contributed by atoms with Gasteiger partial charge < -0.3 is 36.0 Å². The first-order valence-corrected chi connectivity index (χ1v) is 21.7. The summed E-state index contributed by atoms with van der Waals surface area (Å²) in [6.45, 7) is 8.36. The number of carbonyl (C=O) groups excluding carboxylic acids is 2. The summed E-state index contributed by atoms with van der Waals surface area (Å²) in [4.78, 5) is 28.6. The number of carbonyl (C=O) groups is 2. The van der Waals surface area contributed by atoms with Crippen molar-refractivity contribution in [2.75, 3.05) is 13.2 Å². The van der Waals surface area contributed by atoms with Gasteiger partial charge in [-0.3, -0.25) is 9.59 Å². The Morgan fingerprint density at radius 3 is 1.49 bits per heavy atom. The number of hydrogen-bond donors (Lipinski definition) is 5. The van der Waals surface area contributed by atoms with Crippen LogP contribution in [0.3, 0.4) is 0 Å².